The molecule has 0 bridgehead atoms. The van der Waals surface area contributed by atoms with E-state index in [0.717, 1.165) is 193 Å². The van der Waals surface area contributed by atoms with Gasteiger partial charge in [-0.05, 0) is 126 Å². The lowest BCUT2D eigenvalue weighted by molar-refractivity contribution is -0.167. The van der Waals surface area contributed by atoms with E-state index < -0.39 is 6.10 Å². The van der Waals surface area contributed by atoms with Crippen LogP contribution in [0.2, 0.25) is 0 Å². The third-order valence-corrected chi connectivity index (χ3v) is 15.9. The zero-order valence-electron chi connectivity index (χ0n) is 53.3. The van der Waals surface area contributed by atoms with E-state index in [2.05, 4.69) is 88.6 Å². The van der Waals surface area contributed by atoms with E-state index in [9.17, 15) is 34.2 Å². The Morgan fingerprint density at radius 3 is 1.37 bits per heavy atom. The van der Waals surface area contributed by atoms with Crippen LogP contribution in [0.4, 0.5) is 4.79 Å². The van der Waals surface area contributed by atoms with Crippen LogP contribution in [0.1, 0.15) is 311 Å². The maximum Gasteiger partial charge on any atom is 0.407 e. The molecule has 4 N–H and O–H groups in total. The predicted octanol–water partition coefficient (Wildman–Crippen LogP) is 17.1. The van der Waals surface area contributed by atoms with Crippen LogP contribution in [-0.4, -0.2) is 90.8 Å². The summed E-state index contributed by atoms with van der Waals surface area (Å²) in [6.07, 6.45) is 50.9. The Hall–Kier alpha value is -3.71. The highest BCUT2D eigenvalue weighted by Gasteiger charge is 2.42. The minimum absolute atomic E-state index is 0.0148. The van der Waals surface area contributed by atoms with Crippen LogP contribution in [0.15, 0.2) is 36.5 Å². The Morgan fingerprint density at radius 1 is 0.488 bits per heavy atom. The number of hydrogen-bond donors (Lipinski definition) is 4. The second-order valence-corrected chi connectivity index (χ2v) is 25.3. The van der Waals surface area contributed by atoms with Crippen molar-refractivity contribution in [2.45, 2.75) is 342 Å². The number of aliphatic hydroxyl groups is 2. The molecule has 1 rings (SSSR count). The topological polar surface area (TPSA) is 187 Å². The van der Waals surface area contributed by atoms with E-state index in [4.69, 9.17) is 18.9 Å². The van der Waals surface area contributed by atoms with Crippen molar-refractivity contribution in [2.24, 2.45) is 10.8 Å². The highest BCUT2D eigenvalue weighted by atomic mass is 16.6. The van der Waals surface area contributed by atoms with Crippen molar-refractivity contribution >= 4 is 30.4 Å². The first-order valence-electron chi connectivity index (χ1n) is 33.6. The second kappa shape index (κ2) is 51.7. The summed E-state index contributed by atoms with van der Waals surface area (Å²) in [5.41, 5.74) is -0.0639. The molecule has 13 nitrogen and oxygen atoms in total. The molecule has 6 unspecified atom stereocenters. The van der Waals surface area contributed by atoms with Crippen molar-refractivity contribution in [2.75, 3.05) is 19.8 Å². The number of allylic oxidation sites excluding steroid dienone is 3. The molecule has 1 saturated carbocycles. The Bertz CT molecular complexity index is 1680. The molecule has 0 heterocycles. The smallest absolute Gasteiger partial charge is 0.407 e. The summed E-state index contributed by atoms with van der Waals surface area (Å²) in [6, 6.07) is -0.0148. The molecule has 2 amide bonds. The first-order valence-corrected chi connectivity index (χ1v) is 33.6. The largest absolute Gasteiger partial charge is 0.462 e. The number of nitrogens with one attached hydrogen (secondary N) is 2. The first kappa shape index (κ1) is 76.3. The molecule has 1 aliphatic rings. The summed E-state index contributed by atoms with van der Waals surface area (Å²) in [5.74, 6) is -1.09. The van der Waals surface area contributed by atoms with Crippen molar-refractivity contribution < 1.29 is 53.1 Å². The quantitative estimate of drug-likeness (QED) is 0.0149. The normalized spacial score (nSPS) is 17.6. The maximum atomic E-state index is 13.2. The Kier molecular flexibility index (Phi) is 48.1. The SMILES string of the molecule is CCCCCCC(O)C/C=C/CCCCCCCC(=O)OCC(COC(=O)CCCCCCC/C=C/CC(CCCCCC)OC(=O)NC1CC(C)(C)CC(C)(CNC=O)C1)OC(=O)CCCCCCC/C=C/CC(O)CCCCCC. The Labute approximate surface area is 500 Å². The van der Waals surface area contributed by atoms with Crippen molar-refractivity contribution in [3.63, 3.8) is 0 Å². The summed E-state index contributed by atoms with van der Waals surface area (Å²) >= 11 is 0. The second-order valence-electron chi connectivity index (χ2n) is 25.3. The van der Waals surface area contributed by atoms with Gasteiger partial charge in [0.1, 0.15) is 19.3 Å². The number of esters is 3. The molecular formula is C69H124N2O11. The fourth-order valence-electron chi connectivity index (χ4n) is 11.6. The van der Waals surface area contributed by atoms with E-state index in [1.165, 1.54) is 44.9 Å². The van der Waals surface area contributed by atoms with Crippen LogP contribution < -0.4 is 10.6 Å². The summed E-state index contributed by atoms with van der Waals surface area (Å²) in [7, 11) is 0. The molecule has 0 aliphatic heterocycles. The third-order valence-electron chi connectivity index (χ3n) is 15.9. The number of rotatable bonds is 55. The fraction of sp³-hybridized carbons (Fsp3) is 0.841. The van der Waals surface area contributed by atoms with Gasteiger partial charge in [0.2, 0.25) is 6.41 Å². The number of carbonyl (C=O) groups is 5. The molecule has 0 saturated heterocycles. The minimum Gasteiger partial charge on any atom is -0.462 e. The van der Waals surface area contributed by atoms with E-state index in [1.807, 2.05) is 0 Å². The van der Waals surface area contributed by atoms with E-state index in [0.29, 0.717) is 25.8 Å². The van der Waals surface area contributed by atoms with Gasteiger partial charge in [-0.25, -0.2) is 4.79 Å². The number of unbranched alkanes of at least 4 members (excludes halogenated alkanes) is 24. The molecule has 1 aliphatic carbocycles. The fourth-order valence-corrected chi connectivity index (χ4v) is 11.6. The molecule has 0 spiro atoms. The zero-order chi connectivity index (χ0) is 60.2. The average Bonchev–Trinajstić information content (AvgIpc) is 3.62. The Balaban J connectivity index is 2.52. The van der Waals surface area contributed by atoms with Gasteiger partial charge >= 0.3 is 24.0 Å². The highest BCUT2D eigenvalue weighted by molar-refractivity contribution is 5.71. The molecule has 0 aromatic carbocycles. The lowest BCUT2D eigenvalue weighted by atomic mass is 9.62. The van der Waals surface area contributed by atoms with E-state index in [-0.39, 0.29) is 91.7 Å². The van der Waals surface area contributed by atoms with Crippen molar-refractivity contribution in [3.05, 3.63) is 36.5 Å². The number of alkyl carbamates (subject to hydrolysis) is 1. The van der Waals surface area contributed by atoms with Crippen LogP contribution in [0.25, 0.3) is 0 Å². The first-order chi connectivity index (χ1) is 39.6. The molecule has 13 heteroatoms. The van der Waals surface area contributed by atoms with Gasteiger partial charge in [-0.15, -0.1) is 0 Å². The minimum atomic E-state index is -0.866. The van der Waals surface area contributed by atoms with Gasteiger partial charge in [-0.2, -0.15) is 0 Å². The van der Waals surface area contributed by atoms with Crippen molar-refractivity contribution in [1.29, 1.82) is 0 Å². The summed E-state index contributed by atoms with van der Waals surface area (Å²) in [6.45, 7) is 13.5. The van der Waals surface area contributed by atoms with Gasteiger partial charge in [-0.3, -0.25) is 19.2 Å². The molecule has 6 atom stereocenters. The monoisotopic (exact) mass is 1160 g/mol. The molecular weight excluding hydrogens is 1030 g/mol. The van der Waals surface area contributed by atoms with Gasteiger partial charge in [0.15, 0.2) is 6.10 Å². The van der Waals surface area contributed by atoms with E-state index >= 15 is 0 Å². The van der Waals surface area contributed by atoms with Gasteiger partial charge in [0.25, 0.3) is 0 Å². The summed E-state index contributed by atoms with van der Waals surface area (Å²) in [4.78, 5) is 62.8. The number of ether oxygens (including phenoxy) is 4. The maximum absolute atomic E-state index is 13.2. The van der Waals surface area contributed by atoms with Gasteiger partial charge in [0, 0.05) is 38.3 Å². The van der Waals surface area contributed by atoms with Crippen LogP contribution in [0.5, 0.6) is 0 Å². The molecule has 1 fully saturated rings. The lowest BCUT2D eigenvalue weighted by Crippen LogP contribution is -2.50. The van der Waals surface area contributed by atoms with Crippen LogP contribution in [-0.2, 0) is 38.1 Å². The van der Waals surface area contributed by atoms with Gasteiger partial charge < -0.3 is 39.8 Å². The molecule has 0 aromatic heterocycles. The van der Waals surface area contributed by atoms with Gasteiger partial charge in [-0.1, -0.05) is 206 Å². The highest BCUT2D eigenvalue weighted by Crippen LogP contribution is 2.45. The molecule has 82 heavy (non-hydrogen) atoms. The number of aliphatic hydroxyl groups excluding tert-OH is 2. The lowest BCUT2D eigenvalue weighted by Gasteiger charge is -2.46. The van der Waals surface area contributed by atoms with Crippen molar-refractivity contribution in [1.82, 2.24) is 10.6 Å². The van der Waals surface area contributed by atoms with E-state index in [1.54, 1.807) is 0 Å². The summed E-state index contributed by atoms with van der Waals surface area (Å²) < 4.78 is 22.9. The average molecular weight is 1160 g/mol. The summed E-state index contributed by atoms with van der Waals surface area (Å²) in [5, 5.41) is 26.4. The number of amides is 2. The van der Waals surface area contributed by atoms with Crippen LogP contribution >= 0.6 is 0 Å². The zero-order valence-corrected chi connectivity index (χ0v) is 53.3. The predicted molar refractivity (Wildman–Crippen MR) is 335 cm³/mol. The van der Waals surface area contributed by atoms with Crippen molar-refractivity contribution in [3.8, 4) is 0 Å². The van der Waals surface area contributed by atoms with Crippen LogP contribution in [0.3, 0.4) is 0 Å². The standard InChI is InChI=1S/C69H124N2O11/c1-7-10-13-34-43-60(73)45-36-28-22-16-19-25-31-40-49-64(75)79-54-63(81-66(77)51-42-33-27-20-17-23-29-37-46-61(74)44-35-14-11-8-2)55-80-65(76)50-41-32-26-21-18-24-30-39-48-62(47-38-15-12-9-3)82-67(78)71-59-52-68(4,5)56-69(6,53-59)57-70-58-72/h28-30,36-37,39,58-63,73-74H,7-27,31-35,38,40-57H2,1-6H3,(H,70,72)(H,71,78)/b36-28+,37-29+,39-30+. The molecule has 0 aromatic rings. The number of carbonyl (C=O) groups excluding carboxylic acids is 5. The van der Waals surface area contributed by atoms with Gasteiger partial charge in [0.05, 0.1) is 12.2 Å². The number of hydrogen-bond acceptors (Lipinski definition) is 11. The third kappa shape index (κ3) is 46.6. The molecule has 0 radical (unpaired) electrons. The molecule has 476 valence electrons. The Morgan fingerprint density at radius 2 is 0.902 bits per heavy atom. The van der Waals surface area contributed by atoms with Crippen LogP contribution in [0, 0.1) is 10.8 Å².